The van der Waals surface area contributed by atoms with E-state index in [1.165, 1.54) is 6.33 Å². The lowest BCUT2D eigenvalue weighted by Gasteiger charge is -2.16. The first-order valence-electron chi connectivity index (χ1n) is 6.22. The van der Waals surface area contributed by atoms with E-state index in [0.29, 0.717) is 23.8 Å². The standard InChI is InChI=1S/C13H17N5O2/c1-18(8-12-15-9-16-17-12)13(19)6-7-20-11-5-3-2-4-10(11)14/h2-5,9H,6-8,14H2,1H3,(H,15,16,17). The van der Waals surface area contributed by atoms with Gasteiger partial charge in [0.05, 0.1) is 25.3 Å². The maximum Gasteiger partial charge on any atom is 0.226 e. The summed E-state index contributed by atoms with van der Waals surface area (Å²) in [5.74, 6) is 1.21. The highest BCUT2D eigenvalue weighted by Crippen LogP contribution is 2.19. The molecule has 2 aromatic rings. The Kier molecular flexibility index (Phi) is 4.54. The Labute approximate surface area is 116 Å². The first-order valence-corrected chi connectivity index (χ1v) is 6.22. The number of ether oxygens (including phenoxy) is 1. The minimum atomic E-state index is -0.0316. The van der Waals surface area contributed by atoms with Gasteiger partial charge >= 0.3 is 0 Å². The fraction of sp³-hybridized carbons (Fsp3) is 0.308. The van der Waals surface area contributed by atoms with Crippen LogP contribution < -0.4 is 10.5 Å². The highest BCUT2D eigenvalue weighted by Gasteiger charge is 2.11. The van der Waals surface area contributed by atoms with E-state index in [0.717, 1.165) is 0 Å². The van der Waals surface area contributed by atoms with Crippen LogP contribution >= 0.6 is 0 Å². The van der Waals surface area contributed by atoms with Crippen molar-refractivity contribution in [3.63, 3.8) is 0 Å². The molecule has 0 bridgehead atoms. The Hall–Kier alpha value is -2.57. The lowest BCUT2D eigenvalue weighted by Crippen LogP contribution is -2.28. The van der Waals surface area contributed by atoms with Gasteiger partial charge in [-0.25, -0.2) is 4.98 Å². The molecule has 0 aliphatic rings. The van der Waals surface area contributed by atoms with E-state index in [4.69, 9.17) is 10.5 Å². The van der Waals surface area contributed by atoms with E-state index in [1.54, 1.807) is 24.1 Å². The van der Waals surface area contributed by atoms with Crippen molar-refractivity contribution in [1.29, 1.82) is 0 Å². The summed E-state index contributed by atoms with van der Waals surface area (Å²) in [4.78, 5) is 17.4. The van der Waals surface area contributed by atoms with Crippen LogP contribution in [0.4, 0.5) is 5.69 Å². The predicted molar refractivity (Wildman–Crippen MR) is 73.8 cm³/mol. The number of hydrogen-bond acceptors (Lipinski definition) is 5. The van der Waals surface area contributed by atoms with Gasteiger partial charge < -0.3 is 15.4 Å². The Morgan fingerprint density at radius 2 is 2.25 bits per heavy atom. The maximum atomic E-state index is 11.9. The number of para-hydroxylation sites is 2. The molecule has 0 spiro atoms. The van der Waals surface area contributed by atoms with E-state index in [9.17, 15) is 4.79 Å². The minimum Gasteiger partial charge on any atom is -0.491 e. The summed E-state index contributed by atoms with van der Waals surface area (Å²) in [6.07, 6.45) is 1.69. The zero-order chi connectivity index (χ0) is 14.4. The third-order valence-electron chi connectivity index (χ3n) is 2.77. The van der Waals surface area contributed by atoms with Gasteiger partial charge in [0, 0.05) is 7.05 Å². The van der Waals surface area contributed by atoms with E-state index >= 15 is 0 Å². The van der Waals surface area contributed by atoms with Gasteiger partial charge in [0.1, 0.15) is 17.9 Å². The molecule has 0 unspecified atom stereocenters. The summed E-state index contributed by atoms with van der Waals surface area (Å²) < 4.78 is 5.48. The van der Waals surface area contributed by atoms with Crippen molar-refractivity contribution in [3.05, 3.63) is 36.4 Å². The molecule has 1 aromatic carbocycles. The van der Waals surface area contributed by atoms with Gasteiger partial charge in [-0.3, -0.25) is 9.89 Å². The van der Waals surface area contributed by atoms with Gasteiger partial charge in [0.25, 0.3) is 0 Å². The zero-order valence-electron chi connectivity index (χ0n) is 11.2. The number of rotatable bonds is 6. The van der Waals surface area contributed by atoms with Crippen molar-refractivity contribution in [2.24, 2.45) is 0 Å². The third-order valence-corrected chi connectivity index (χ3v) is 2.77. The number of carbonyl (C=O) groups is 1. The quantitative estimate of drug-likeness (QED) is 0.760. The van der Waals surface area contributed by atoms with Crippen LogP contribution in [0.1, 0.15) is 12.2 Å². The number of nitrogens with two attached hydrogens (primary N) is 1. The number of carbonyl (C=O) groups excluding carboxylic acids is 1. The average molecular weight is 275 g/mol. The number of H-pyrrole nitrogens is 1. The number of aromatic nitrogens is 3. The van der Waals surface area contributed by atoms with E-state index < -0.39 is 0 Å². The van der Waals surface area contributed by atoms with E-state index in [-0.39, 0.29) is 18.9 Å². The highest BCUT2D eigenvalue weighted by atomic mass is 16.5. The van der Waals surface area contributed by atoms with Crippen LogP contribution in [-0.2, 0) is 11.3 Å². The molecule has 1 amide bonds. The smallest absolute Gasteiger partial charge is 0.226 e. The summed E-state index contributed by atoms with van der Waals surface area (Å²) >= 11 is 0. The molecule has 0 radical (unpaired) electrons. The monoisotopic (exact) mass is 275 g/mol. The second-order valence-electron chi connectivity index (χ2n) is 4.32. The molecule has 0 saturated heterocycles. The zero-order valence-corrected chi connectivity index (χ0v) is 11.2. The van der Waals surface area contributed by atoms with Crippen LogP contribution in [0.15, 0.2) is 30.6 Å². The van der Waals surface area contributed by atoms with Gasteiger partial charge in [-0.1, -0.05) is 12.1 Å². The Morgan fingerprint density at radius 3 is 2.95 bits per heavy atom. The van der Waals surface area contributed by atoms with Crippen molar-refractivity contribution < 1.29 is 9.53 Å². The third kappa shape index (κ3) is 3.71. The molecular weight excluding hydrogens is 258 g/mol. The normalized spacial score (nSPS) is 10.2. The summed E-state index contributed by atoms with van der Waals surface area (Å²) in [6.45, 7) is 0.681. The number of nitrogens with zero attached hydrogens (tertiary/aromatic N) is 3. The summed E-state index contributed by atoms with van der Waals surface area (Å²) in [7, 11) is 1.71. The molecule has 3 N–H and O–H groups in total. The molecule has 0 fully saturated rings. The van der Waals surface area contributed by atoms with E-state index in [1.807, 2.05) is 12.1 Å². The Bertz CT molecular complexity index is 556. The maximum absolute atomic E-state index is 11.9. The molecule has 20 heavy (non-hydrogen) atoms. The summed E-state index contributed by atoms with van der Waals surface area (Å²) in [5.41, 5.74) is 6.31. The van der Waals surface area contributed by atoms with Crippen LogP contribution in [-0.4, -0.2) is 39.6 Å². The van der Waals surface area contributed by atoms with Crippen LogP contribution in [0.3, 0.4) is 0 Å². The number of benzene rings is 1. The molecule has 0 aliphatic heterocycles. The van der Waals surface area contributed by atoms with Gasteiger partial charge in [0.2, 0.25) is 5.91 Å². The molecule has 0 atom stereocenters. The van der Waals surface area contributed by atoms with Gasteiger partial charge in [-0.05, 0) is 12.1 Å². The number of nitrogen functional groups attached to an aromatic ring is 1. The van der Waals surface area contributed by atoms with Crippen LogP contribution in [0, 0.1) is 0 Å². The molecule has 2 rings (SSSR count). The predicted octanol–water partition coefficient (Wildman–Crippen LogP) is 0.814. The molecule has 7 heteroatoms. The van der Waals surface area contributed by atoms with Crippen LogP contribution in [0.25, 0.3) is 0 Å². The highest BCUT2D eigenvalue weighted by molar-refractivity contribution is 5.75. The van der Waals surface area contributed by atoms with Gasteiger partial charge in [-0.2, -0.15) is 5.10 Å². The van der Waals surface area contributed by atoms with Crippen molar-refractivity contribution in [2.45, 2.75) is 13.0 Å². The Morgan fingerprint density at radius 1 is 1.45 bits per heavy atom. The van der Waals surface area contributed by atoms with Crippen molar-refractivity contribution in [1.82, 2.24) is 20.1 Å². The second-order valence-corrected chi connectivity index (χ2v) is 4.32. The fourth-order valence-electron chi connectivity index (χ4n) is 1.67. The minimum absolute atomic E-state index is 0.0316. The molecular formula is C13H17N5O2. The number of hydrogen-bond donors (Lipinski definition) is 2. The number of nitrogens with one attached hydrogen (secondary N) is 1. The molecule has 106 valence electrons. The van der Waals surface area contributed by atoms with Crippen LogP contribution in [0.2, 0.25) is 0 Å². The van der Waals surface area contributed by atoms with Crippen molar-refractivity contribution >= 4 is 11.6 Å². The van der Waals surface area contributed by atoms with Crippen molar-refractivity contribution in [3.8, 4) is 5.75 Å². The molecule has 7 nitrogen and oxygen atoms in total. The number of aromatic amines is 1. The van der Waals surface area contributed by atoms with E-state index in [2.05, 4.69) is 15.2 Å². The lowest BCUT2D eigenvalue weighted by atomic mass is 10.3. The summed E-state index contributed by atoms with van der Waals surface area (Å²) in [6, 6.07) is 7.20. The topological polar surface area (TPSA) is 97.1 Å². The summed E-state index contributed by atoms with van der Waals surface area (Å²) in [5, 5.41) is 6.44. The van der Waals surface area contributed by atoms with Gasteiger partial charge in [-0.15, -0.1) is 0 Å². The number of amides is 1. The molecule has 1 aromatic heterocycles. The Balaban J connectivity index is 1.76. The fourth-order valence-corrected chi connectivity index (χ4v) is 1.67. The van der Waals surface area contributed by atoms with Crippen molar-refractivity contribution in [2.75, 3.05) is 19.4 Å². The SMILES string of the molecule is CN(Cc1ncn[nH]1)C(=O)CCOc1ccccc1N. The first-order chi connectivity index (χ1) is 9.66. The largest absolute Gasteiger partial charge is 0.491 e. The molecule has 1 heterocycles. The van der Waals surface area contributed by atoms with Gasteiger partial charge in [0.15, 0.2) is 0 Å². The second kappa shape index (κ2) is 6.55. The molecule has 0 aliphatic carbocycles. The first kappa shape index (κ1) is 13.9. The van der Waals surface area contributed by atoms with Crippen LogP contribution in [0.5, 0.6) is 5.75 Å². The average Bonchev–Trinajstić information content (AvgIpc) is 2.93. The number of anilines is 1. The molecule has 0 saturated carbocycles. The lowest BCUT2D eigenvalue weighted by molar-refractivity contribution is -0.131.